The fourth-order valence-electron chi connectivity index (χ4n) is 3.11. The van der Waals surface area contributed by atoms with Crippen LogP contribution in [0.3, 0.4) is 0 Å². The van der Waals surface area contributed by atoms with Crippen LogP contribution in [0.1, 0.15) is 0 Å². The Balaban J connectivity index is 1.45. The summed E-state index contributed by atoms with van der Waals surface area (Å²) in [4.78, 5) is 26.4. The van der Waals surface area contributed by atoms with Crippen LogP contribution in [0, 0.1) is 0 Å². The highest BCUT2D eigenvalue weighted by Crippen LogP contribution is 2.35. The van der Waals surface area contributed by atoms with Crippen molar-refractivity contribution in [3.8, 4) is 22.3 Å². The van der Waals surface area contributed by atoms with Crippen LogP contribution in [0.2, 0.25) is 0 Å². The Morgan fingerprint density at radius 3 is 1.26 bits per heavy atom. The van der Waals surface area contributed by atoms with Gasteiger partial charge >= 0.3 is 10.6 Å². The minimum absolute atomic E-state index is 0.655. The number of thioether (sulfide) groups is 2. The molecule has 0 saturated carbocycles. The molecule has 0 amide bonds. The number of hydrogen-bond donors (Lipinski definition) is 0. The molecule has 0 saturated heterocycles. The molecule has 0 unspecified atom stereocenters. The molecule has 0 N–H and O–H groups in total. The van der Waals surface area contributed by atoms with E-state index in [0.29, 0.717) is 0 Å². The molecule has 4 aromatic rings. The highest BCUT2D eigenvalue weighted by atomic mass is 32.2. The molecule has 0 aliphatic rings. The fraction of sp³-hybridized carbons (Fsp3) is 0. The molecule has 0 bridgehead atoms. The standard InChI is InChI=1S/C26H18O3S2/c27-25(30-23-17-9-7-15-21(23)19-11-3-1-4-12-19)29-26(28)31-24-18-10-8-16-22(24)20-13-5-2-6-14-20/h1-18H. The first-order valence-corrected chi connectivity index (χ1v) is 11.2. The summed E-state index contributed by atoms with van der Waals surface area (Å²) in [6.07, 6.45) is 0. The van der Waals surface area contributed by atoms with Crippen LogP contribution in [-0.2, 0) is 4.74 Å². The van der Waals surface area contributed by atoms with E-state index < -0.39 is 10.6 Å². The van der Waals surface area contributed by atoms with Gasteiger partial charge < -0.3 is 4.74 Å². The maximum Gasteiger partial charge on any atom is 0.380 e. The first-order valence-electron chi connectivity index (χ1n) is 9.61. The molecule has 0 atom stereocenters. The molecule has 152 valence electrons. The topological polar surface area (TPSA) is 43.4 Å². The van der Waals surface area contributed by atoms with Crippen molar-refractivity contribution >= 4 is 34.1 Å². The van der Waals surface area contributed by atoms with Crippen LogP contribution in [0.15, 0.2) is 119 Å². The molecule has 4 aromatic carbocycles. The molecule has 3 nitrogen and oxygen atoms in total. The van der Waals surface area contributed by atoms with Gasteiger partial charge in [-0.1, -0.05) is 97.1 Å². The van der Waals surface area contributed by atoms with Crippen molar-refractivity contribution in [1.82, 2.24) is 0 Å². The first kappa shape index (κ1) is 21.0. The van der Waals surface area contributed by atoms with Crippen molar-refractivity contribution in [1.29, 1.82) is 0 Å². The second-order valence-corrected chi connectivity index (χ2v) is 8.49. The Hall–Kier alpha value is -3.28. The molecule has 0 radical (unpaired) electrons. The predicted octanol–water partition coefficient (Wildman–Crippen LogP) is 8.16. The zero-order valence-electron chi connectivity index (χ0n) is 16.4. The molecule has 0 spiro atoms. The lowest BCUT2D eigenvalue weighted by atomic mass is 10.1. The lowest BCUT2D eigenvalue weighted by Gasteiger charge is -2.10. The van der Waals surface area contributed by atoms with Crippen molar-refractivity contribution in [3.63, 3.8) is 0 Å². The third-order valence-corrected chi connectivity index (χ3v) is 6.15. The van der Waals surface area contributed by atoms with Gasteiger partial charge in [0.1, 0.15) is 0 Å². The average molecular weight is 443 g/mol. The van der Waals surface area contributed by atoms with Crippen LogP contribution in [0.4, 0.5) is 9.59 Å². The summed E-state index contributed by atoms with van der Waals surface area (Å²) in [5.74, 6) is 0. The third kappa shape index (κ3) is 5.45. The van der Waals surface area contributed by atoms with Crippen LogP contribution in [-0.4, -0.2) is 10.6 Å². The Morgan fingerprint density at radius 2 is 0.839 bits per heavy atom. The monoisotopic (exact) mass is 442 g/mol. The van der Waals surface area contributed by atoms with Gasteiger partial charge in [-0.3, -0.25) is 0 Å². The van der Waals surface area contributed by atoms with E-state index in [1.807, 2.05) is 109 Å². The van der Waals surface area contributed by atoms with E-state index in [2.05, 4.69) is 0 Å². The van der Waals surface area contributed by atoms with E-state index in [1.54, 1.807) is 0 Å². The van der Waals surface area contributed by atoms with E-state index in [4.69, 9.17) is 4.74 Å². The van der Waals surface area contributed by atoms with Gasteiger partial charge in [0.2, 0.25) is 0 Å². The van der Waals surface area contributed by atoms with E-state index in [0.717, 1.165) is 55.6 Å². The van der Waals surface area contributed by atoms with E-state index in [-0.39, 0.29) is 0 Å². The zero-order valence-corrected chi connectivity index (χ0v) is 18.1. The second kappa shape index (κ2) is 10.2. The maximum absolute atomic E-state index is 12.5. The molecular formula is C26H18O3S2. The van der Waals surface area contributed by atoms with Gasteiger partial charge in [0.25, 0.3) is 0 Å². The van der Waals surface area contributed by atoms with Gasteiger partial charge in [0.15, 0.2) is 0 Å². The molecular weight excluding hydrogens is 424 g/mol. The van der Waals surface area contributed by atoms with Gasteiger partial charge in [-0.05, 0) is 57.9 Å². The van der Waals surface area contributed by atoms with Gasteiger partial charge in [-0.2, -0.15) is 0 Å². The summed E-state index contributed by atoms with van der Waals surface area (Å²) in [5.41, 5.74) is 3.82. The van der Waals surface area contributed by atoms with E-state index in [9.17, 15) is 9.59 Å². The quantitative estimate of drug-likeness (QED) is 0.181. The lowest BCUT2D eigenvalue weighted by molar-refractivity contribution is 0.187. The largest absolute Gasteiger partial charge is 0.380 e. The third-order valence-electron chi connectivity index (χ3n) is 4.50. The fourth-order valence-corrected chi connectivity index (χ4v) is 4.64. The second-order valence-electron chi connectivity index (χ2n) is 6.53. The van der Waals surface area contributed by atoms with E-state index >= 15 is 0 Å². The van der Waals surface area contributed by atoms with Crippen molar-refractivity contribution in [2.45, 2.75) is 9.79 Å². The Labute approximate surface area is 189 Å². The maximum atomic E-state index is 12.5. The van der Waals surface area contributed by atoms with Gasteiger partial charge in [-0.15, -0.1) is 0 Å². The number of ether oxygens (including phenoxy) is 1. The molecule has 0 aliphatic carbocycles. The summed E-state index contributed by atoms with van der Waals surface area (Å²) in [5, 5.41) is -1.31. The summed E-state index contributed by atoms with van der Waals surface area (Å²) < 4.78 is 5.09. The van der Waals surface area contributed by atoms with Crippen molar-refractivity contribution in [3.05, 3.63) is 109 Å². The summed E-state index contributed by atoms with van der Waals surface area (Å²) in [6, 6.07) is 34.7. The molecule has 4 rings (SSSR count). The highest BCUT2D eigenvalue weighted by Gasteiger charge is 2.17. The van der Waals surface area contributed by atoms with Crippen molar-refractivity contribution in [2.75, 3.05) is 0 Å². The van der Waals surface area contributed by atoms with Gasteiger partial charge in [0, 0.05) is 9.79 Å². The van der Waals surface area contributed by atoms with Crippen molar-refractivity contribution < 1.29 is 14.3 Å². The number of carbonyl (C=O) groups is 2. The number of carbonyl (C=O) groups excluding carboxylic acids is 2. The van der Waals surface area contributed by atoms with Crippen LogP contribution in [0.5, 0.6) is 0 Å². The summed E-state index contributed by atoms with van der Waals surface area (Å²) in [6.45, 7) is 0. The first-order chi connectivity index (χ1) is 15.2. The smallest absolute Gasteiger partial charge is 0.376 e. The Bertz CT molecular complexity index is 1100. The van der Waals surface area contributed by atoms with Gasteiger partial charge in [0.05, 0.1) is 0 Å². The molecule has 31 heavy (non-hydrogen) atoms. The molecule has 0 fully saturated rings. The molecule has 0 heterocycles. The minimum Gasteiger partial charge on any atom is -0.376 e. The SMILES string of the molecule is O=C(OC(=O)Sc1ccccc1-c1ccccc1)Sc1ccccc1-c1ccccc1. The lowest BCUT2D eigenvalue weighted by Crippen LogP contribution is -2.02. The van der Waals surface area contributed by atoms with Crippen molar-refractivity contribution in [2.24, 2.45) is 0 Å². The predicted molar refractivity (Wildman–Crippen MR) is 127 cm³/mol. The zero-order chi connectivity index (χ0) is 21.5. The molecule has 0 aliphatic heterocycles. The Morgan fingerprint density at radius 1 is 0.484 bits per heavy atom. The average Bonchev–Trinajstić information content (AvgIpc) is 2.81. The number of rotatable bonds is 4. The summed E-state index contributed by atoms with van der Waals surface area (Å²) in [7, 11) is 0. The van der Waals surface area contributed by atoms with E-state index in [1.165, 1.54) is 0 Å². The summed E-state index contributed by atoms with van der Waals surface area (Å²) >= 11 is 1.82. The van der Waals surface area contributed by atoms with Gasteiger partial charge in [-0.25, -0.2) is 9.59 Å². The number of benzene rings is 4. The van der Waals surface area contributed by atoms with Crippen LogP contribution >= 0.6 is 23.5 Å². The van der Waals surface area contributed by atoms with Crippen LogP contribution in [0.25, 0.3) is 22.3 Å². The number of hydrogen-bond acceptors (Lipinski definition) is 5. The Kier molecular flexibility index (Phi) is 6.87. The minimum atomic E-state index is -0.655. The molecule has 0 aromatic heterocycles. The highest BCUT2D eigenvalue weighted by molar-refractivity contribution is 8.15. The molecule has 5 heteroatoms. The van der Waals surface area contributed by atoms with Crippen LogP contribution < -0.4 is 0 Å². The normalized spacial score (nSPS) is 10.5.